The van der Waals surface area contributed by atoms with Crippen LogP contribution in [0.4, 0.5) is 0 Å². The molecule has 0 aliphatic rings. The smallest absolute Gasteiger partial charge is 0.262 e. The van der Waals surface area contributed by atoms with Gasteiger partial charge in [0.25, 0.3) is 10.2 Å². The Balaban J connectivity index is 2.66. The molecule has 8 heteroatoms. The lowest BCUT2D eigenvalue weighted by molar-refractivity contribution is 0.450. The van der Waals surface area contributed by atoms with Gasteiger partial charge in [0.15, 0.2) is 0 Å². The number of hydrogen-bond donors (Lipinski definition) is 2. The Kier molecular flexibility index (Phi) is 2.96. The highest BCUT2D eigenvalue weighted by atomic mass is 32.2. The minimum atomic E-state index is -3.38. The molecule has 1 heterocycles. The van der Waals surface area contributed by atoms with Gasteiger partial charge in [0.2, 0.25) is 0 Å². The molecule has 0 unspecified atom stereocenters. The average Bonchev–Trinajstić information content (AvgIpc) is 2.57. The third-order valence-corrected chi connectivity index (χ3v) is 2.97. The lowest BCUT2D eigenvalue weighted by atomic mass is 10.6. The zero-order valence-electron chi connectivity index (χ0n) is 7.35. The van der Waals surface area contributed by atoms with Gasteiger partial charge in [-0.1, -0.05) is 0 Å². The van der Waals surface area contributed by atoms with Gasteiger partial charge in [0, 0.05) is 14.1 Å². The number of rotatable bonds is 4. The predicted molar refractivity (Wildman–Crippen MR) is 45.8 cm³/mol. The van der Waals surface area contributed by atoms with Crippen LogP contribution in [-0.2, 0) is 16.8 Å². The maximum absolute atomic E-state index is 11.2. The molecule has 0 amide bonds. The van der Waals surface area contributed by atoms with E-state index in [0.717, 1.165) is 4.31 Å². The zero-order valence-corrected chi connectivity index (χ0v) is 8.17. The van der Waals surface area contributed by atoms with Crippen LogP contribution < -0.4 is 4.72 Å². The number of nitrogens with one attached hydrogen (secondary N) is 2. The Morgan fingerprint density at radius 2 is 2.38 bits per heavy atom. The van der Waals surface area contributed by atoms with E-state index in [1.165, 1.54) is 20.4 Å². The van der Waals surface area contributed by atoms with Gasteiger partial charge >= 0.3 is 0 Å². The number of hydrogen-bond acceptors (Lipinski definition) is 4. The molecule has 0 radical (unpaired) electrons. The molecule has 0 spiro atoms. The molecular weight excluding hydrogens is 194 g/mol. The minimum absolute atomic E-state index is 0.170. The standard InChI is InChI=1S/C5H11N5O2S/c1-6-13(11,12)10(2)3-5-7-4-8-9-5/h4,6H,3H2,1-2H3,(H,7,8,9). The second-order valence-electron chi connectivity index (χ2n) is 2.40. The van der Waals surface area contributed by atoms with Gasteiger partial charge in [-0.05, 0) is 0 Å². The molecule has 1 rings (SSSR count). The van der Waals surface area contributed by atoms with Gasteiger partial charge in [-0.25, -0.2) is 9.71 Å². The number of H-pyrrole nitrogens is 1. The molecule has 0 fully saturated rings. The molecule has 0 saturated heterocycles. The van der Waals surface area contributed by atoms with Crippen molar-refractivity contribution >= 4 is 10.2 Å². The largest absolute Gasteiger partial charge is 0.279 e. The first-order valence-corrected chi connectivity index (χ1v) is 4.99. The fourth-order valence-electron chi connectivity index (χ4n) is 0.759. The fraction of sp³-hybridized carbons (Fsp3) is 0.600. The lowest BCUT2D eigenvalue weighted by Gasteiger charge is -2.13. The summed E-state index contributed by atoms with van der Waals surface area (Å²) in [5.41, 5.74) is 0. The van der Waals surface area contributed by atoms with Crippen molar-refractivity contribution in [3.05, 3.63) is 12.2 Å². The summed E-state index contributed by atoms with van der Waals surface area (Å²) in [7, 11) is -0.573. The normalized spacial score (nSPS) is 12.2. The summed E-state index contributed by atoms with van der Waals surface area (Å²) in [5, 5.41) is 6.17. The molecule has 1 aromatic heterocycles. The predicted octanol–water partition coefficient (Wildman–Crippen LogP) is -1.30. The highest BCUT2D eigenvalue weighted by Crippen LogP contribution is 1.98. The summed E-state index contributed by atoms with van der Waals surface area (Å²) >= 11 is 0. The van der Waals surface area contributed by atoms with Gasteiger partial charge in [-0.15, -0.1) is 0 Å². The molecule has 2 N–H and O–H groups in total. The molecule has 1 aromatic rings. The second kappa shape index (κ2) is 3.81. The van der Waals surface area contributed by atoms with E-state index in [0.29, 0.717) is 5.82 Å². The van der Waals surface area contributed by atoms with E-state index in [9.17, 15) is 8.42 Å². The van der Waals surface area contributed by atoms with Crippen LogP contribution >= 0.6 is 0 Å². The monoisotopic (exact) mass is 205 g/mol. The third kappa shape index (κ3) is 2.47. The average molecular weight is 205 g/mol. The molecule has 0 aliphatic heterocycles. The minimum Gasteiger partial charge on any atom is -0.262 e. The van der Waals surface area contributed by atoms with Gasteiger partial charge in [-0.2, -0.15) is 17.8 Å². The maximum Gasteiger partial charge on any atom is 0.279 e. The van der Waals surface area contributed by atoms with E-state index in [2.05, 4.69) is 19.9 Å². The second-order valence-corrected chi connectivity index (χ2v) is 4.38. The van der Waals surface area contributed by atoms with Crippen LogP contribution in [0.25, 0.3) is 0 Å². The van der Waals surface area contributed by atoms with E-state index in [1.807, 2.05) is 0 Å². The van der Waals surface area contributed by atoms with Crippen molar-refractivity contribution in [2.24, 2.45) is 0 Å². The van der Waals surface area contributed by atoms with E-state index in [1.54, 1.807) is 0 Å². The molecule has 0 aliphatic carbocycles. The first-order chi connectivity index (χ1) is 6.06. The Morgan fingerprint density at radius 3 is 2.85 bits per heavy atom. The van der Waals surface area contributed by atoms with Crippen molar-refractivity contribution in [1.29, 1.82) is 0 Å². The van der Waals surface area contributed by atoms with Crippen LogP contribution in [-0.4, -0.2) is 42.0 Å². The van der Waals surface area contributed by atoms with Crippen LogP contribution in [0.1, 0.15) is 5.82 Å². The van der Waals surface area contributed by atoms with E-state index in [-0.39, 0.29) is 6.54 Å². The van der Waals surface area contributed by atoms with Gasteiger partial charge < -0.3 is 0 Å². The highest BCUT2D eigenvalue weighted by Gasteiger charge is 2.15. The van der Waals surface area contributed by atoms with Crippen molar-refractivity contribution in [3.8, 4) is 0 Å². The van der Waals surface area contributed by atoms with Crippen molar-refractivity contribution in [2.75, 3.05) is 14.1 Å². The molecule has 0 saturated carbocycles. The topological polar surface area (TPSA) is 91.0 Å². The summed E-state index contributed by atoms with van der Waals surface area (Å²) in [6, 6.07) is 0. The Labute approximate surface area is 76.3 Å². The lowest BCUT2D eigenvalue weighted by Crippen LogP contribution is -2.35. The highest BCUT2D eigenvalue weighted by molar-refractivity contribution is 7.87. The SMILES string of the molecule is CNS(=O)(=O)N(C)Cc1ncn[nH]1. The fourth-order valence-corrected chi connectivity index (χ4v) is 1.36. The molecule has 13 heavy (non-hydrogen) atoms. The summed E-state index contributed by atoms with van der Waals surface area (Å²) in [5.74, 6) is 0.501. The summed E-state index contributed by atoms with van der Waals surface area (Å²) in [6.07, 6.45) is 1.33. The number of aromatic amines is 1. The summed E-state index contributed by atoms with van der Waals surface area (Å²) < 4.78 is 25.7. The summed E-state index contributed by atoms with van der Waals surface area (Å²) in [6.45, 7) is 0.170. The number of aromatic nitrogens is 3. The van der Waals surface area contributed by atoms with Crippen molar-refractivity contribution < 1.29 is 8.42 Å². The van der Waals surface area contributed by atoms with Crippen LogP contribution in [0.15, 0.2) is 6.33 Å². The first-order valence-electron chi connectivity index (χ1n) is 3.55. The van der Waals surface area contributed by atoms with E-state index >= 15 is 0 Å². The Bertz CT molecular complexity index is 345. The van der Waals surface area contributed by atoms with Crippen molar-refractivity contribution in [1.82, 2.24) is 24.2 Å². The summed E-state index contributed by atoms with van der Waals surface area (Å²) in [4.78, 5) is 3.80. The van der Waals surface area contributed by atoms with Gasteiger partial charge in [0.1, 0.15) is 12.2 Å². The molecule has 0 atom stereocenters. The van der Waals surface area contributed by atoms with Crippen molar-refractivity contribution in [2.45, 2.75) is 6.54 Å². The Morgan fingerprint density at radius 1 is 1.69 bits per heavy atom. The first kappa shape index (κ1) is 10.1. The molecular formula is C5H11N5O2S. The third-order valence-electron chi connectivity index (χ3n) is 1.51. The van der Waals surface area contributed by atoms with Crippen LogP contribution in [0.3, 0.4) is 0 Å². The molecule has 0 bridgehead atoms. The quantitative estimate of drug-likeness (QED) is 0.639. The molecule has 7 nitrogen and oxygen atoms in total. The maximum atomic E-state index is 11.2. The zero-order chi connectivity index (χ0) is 9.90. The number of nitrogens with zero attached hydrogens (tertiary/aromatic N) is 3. The van der Waals surface area contributed by atoms with E-state index < -0.39 is 10.2 Å². The van der Waals surface area contributed by atoms with Crippen molar-refractivity contribution in [3.63, 3.8) is 0 Å². The van der Waals surface area contributed by atoms with Crippen LogP contribution in [0.2, 0.25) is 0 Å². The van der Waals surface area contributed by atoms with Crippen LogP contribution in [0, 0.1) is 0 Å². The van der Waals surface area contributed by atoms with E-state index in [4.69, 9.17) is 0 Å². The molecule has 0 aromatic carbocycles. The van der Waals surface area contributed by atoms with Crippen LogP contribution in [0.5, 0.6) is 0 Å². The Hall–Kier alpha value is -0.990. The van der Waals surface area contributed by atoms with Gasteiger partial charge in [-0.3, -0.25) is 5.10 Å². The molecule has 74 valence electrons. The van der Waals surface area contributed by atoms with Gasteiger partial charge in [0.05, 0.1) is 6.54 Å².